The normalized spacial score (nSPS) is 22.5. The number of rotatable bonds is 4. The van der Waals surface area contributed by atoms with E-state index in [1.807, 2.05) is 0 Å². The van der Waals surface area contributed by atoms with Gasteiger partial charge in [-0.15, -0.1) is 0 Å². The van der Waals surface area contributed by atoms with Gasteiger partial charge in [0.1, 0.15) is 12.0 Å². The zero-order valence-corrected chi connectivity index (χ0v) is 11.2. The van der Waals surface area contributed by atoms with Crippen molar-refractivity contribution in [2.75, 3.05) is 4.90 Å². The standard InChI is InChI=1S/C14H18N2O3/c1-3-12-6-4-10(2)15(12)13-7-5-11(9-17)8-14(13)16(18)19/h5,7-10,12H,3-4,6H2,1-2H3. The van der Waals surface area contributed by atoms with Crippen LogP contribution in [0.3, 0.4) is 0 Å². The lowest BCUT2D eigenvalue weighted by Crippen LogP contribution is -2.34. The van der Waals surface area contributed by atoms with Crippen LogP contribution in [0.15, 0.2) is 18.2 Å². The van der Waals surface area contributed by atoms with Gasteiger partial charge in [-0.25, -0.2) is 0 Å². The van der Waals surface area contributed by atoms with Crippen molar-refractivity contribution in [2.24, 2.45) is 0 Å². The molecular formula is C14H18N2O3. The molecule has 19 heavy (non-hydrogen) atoms. The molecule has 1 aromatic rings. The average molecular weight is 262 g/mol. The van der Waals surface area contributed by atoms with Crippen LogP contribution in [0.1, 0.15) is 43.5 Å². The summed E-state index contributed by atoms with van der Waals surface area (Å²) in [6.45, 7) is 4.19. The van der Waals surface area contributed by atoms with E-state index in [0.717, 1.165) is 19.3 Å². The van der Waals surface area contributed by atoms with Crippen molar-refractivity contribution >= 4 is 17.7 Å². The Morgan fingerprint density at radius 1 is 1.47 bits per heavy atom. The summed E-state index contributed by atoms with van der Waals surface area (Å²) in [5.74, 6) is 0. The molecule has 1 heterocycles. The maximum atomic E-state index is 11.2. The Morgan fingerprint density at radius 3 is 2.79 bits per heavy atom. The second-order valence-corrected chi connectivity index (χ2v) is 5.02. The van der Waals surface area contributed by atoms with E-state index >= 15 is 0 Å². The molecule has 5 nitrogen and oxygen atoms in total. The van der Waals surface area contributed by atoms with E-state index in [1.165, 1.54) is 6.07 Å². The molecular weight excluding hydrogens is 244 g/mol. The van der Waals surface area contributed by atoms with Crippen molar-refractivity contribution in [2.45, 2.75) is 45.2 Å². The lowest BCUT2D eigenvalue weighted by molar-refractivity contribution is -0.384. The van der Waals surface area contributed by atoms with Crippen LogP contribution in [0.25, 0.3) is 0 Å². The Hall–Kier alpha value is -1.91. The minimum absolute atomic E-state index is 0.0248. The molecule has 0 amide bonds. The van der Waals surface area contributed by atoms with Gasteiger partial charge in [0.2, 0.25) is 0 Å². The van der Waals surface area contributed by atoms with Gasteiger partial charge in [0.15, 0.2) is 0 Å². The first-order valence-corrected chi connectivity index (χ1v) is 6.60. The maximum Gasteiger partial charge on any atom is 0.293 e. The van der Waals surface area contributed by atoms with E-state index in [1.54, 1.807) is 12.1 Å². The highest BCUT2D eigenvalue weighted by Crippen LogP contribution is 2.37. The Bertz CT molecular complexity index is 501. The van der Waals surface area contributed by atoms with E-state index in [-0.39, 0.29) is 5.69 Å². The lowest BCUT2D eigenvalue weighted by atomic mass is 10.1. The summed E-state index contributed by atoms with van der Waals surface area (Å²) < 4.78 is 0. The molecule has 0 spiro atoms. The molecule has 0 N–H and O–H groups in total. The highest BCUT2D eigenvalue weighted by atomic mass is 16.6. The third-order valence-corrected chi connectivity index (χ3v) is 3.87. The molecule has 0 radical (unpaired) electrons. The Labute approximate surface area is 112 Å². The first-order chi connectivity index (χ1) is 9.08. The predicted molar refractivity (Wildman–Crippen MR) is 73.7 cm³/mol. The monoisotopic (exact) mass is 262 g/mol. The summed E-state index contributed by atoms with van der Waals surface area (Å²) in [5, 5.41) is 11.2. The average Bonchev–Trinajstić information content (AvgIpc) is 2.78. The van der Waals surface area contributed by atoms with Crippen molar-refractivity contribution in [1.29, 1.82) is 0 Å². The molecule has 0 saturated carbocycles. The fourth-order valence-electron chi connectivity index (χ4n) is 2.88. The Morgan fingerprint density at radius 2 is 2.21 bits per heavy atom. The third-order valence-electron chi connectivity index (χ3n) is 3.87. The van der Waals surface area contributed by atoms with E-state index in [9.17, 15) is 14.9 Å². The molecule has 0 aliphatic carbocycles. The fourth-order valence-corrected chi connectivity index (χ4v) is 2.88. The van der Waals surface area contributed by atoms with Crippen LogP contribution in [0.4, 0.5) is 11.4 Å². The van der Waals surface area contributed by atoms with Crippen LogP contribution in [0, 0.1) is 10.1 Å². The molecule has 2 unspecified atom stereocenters. The van der Waals surface area contributed by atoms with Gasteiger partial charge in [0.25, 0.3) is 5.69 Å². The van der Waals surface area contributed by atoms with Gasteiger partial charge in [-0.2, -0.15) is 0 Å². The Kier molecular flexibility index (Phi) is 3.83. The number of carbonyl (C=O) groups excluding carboxylic acids is 1. The van der Waals surface area contributed by atoms with Crippen LogP contribution in [0.5, 0.6) is 0 Å². The number of hydrogen-bond donors (Lipinski definition) is 0. The van der Waals surface area contributed by atoms with E-state index in [2.05, 4.69) is 18.7 Å². The zero-order chi connectivity index (χ0) is 14.0. The molecule has 1 saturated heterocycles. The number of hydrogen-bond acceptors (Lipinski definition) is 4. The molecule has 102 valence electrons. The van der Waals surface area contributed by atoms with Crippen LogP contribution in [-0.2, 0) is 0 Å². The van der Waals surface area contributed by atoms with Gasteiger partial charge in [-0.1, -0.05) is 6.92 Å². The minimum atomic E-state index is -0.403. The topological polar surface area (TPSA) is 63.5 Å². The van der Waals surface area contributed by atoms with E-state index < -0.39 is 4.92 Å². The van der Waals surface area contributed by atoms with Crippen molar-refractivity contribution < 1.29 is 9.72 Å². The number of nitrogens with zero attached hydrogens (tertiary/aromatic N) is 2. The molecule has 1 aliphatic heterocycles. The molecule has 1 aromatic carbocycles. The number of aldehydes is 1. The van der Waals surface area contributed by atoms with Gasteiger partial charge in [0, 0.05) is 23.7 Å². The third kappa shape index (κ3) is 2.45. The van der Waals surface area contributed by atoms with Gasteiger partial charge < -0.3 is 4.90 Å². The summed E-state index contributed by atoms with van der Waals surface area (Å²) in [5.41, 5.74) is 1.000. The summed E-state index contributed by atoms with van der Waals surface area (Å²) in [6, 6.07) is 5.35. The number of benzene rings is 1. The smallest absolute Gasteiger partial charge is 0.293 e. The van der Waals surface area contributed by atoms with Crippen LogP contribution in [0.2, 0.25) is 0 Å². The van der Waals surface area contributed by atoms with Gasteiger partial charge in [-0.05, 0) is 38.3 Å². The summed E-state index contributed by atoms with van der Waals surface area (Å²) in [4.78, 5) is 23.7. The molecule has 0 bridgehead atoms. The number of anilines is 1. The molecule has 1 aliphatic rings. The highest BCUT2D eigenvalue weighted by Gasteiger charge is 2.33. The summed E-state index contributed by atoms with van der Waals surface area (Å²) >= 11 is 0. The number of nitro groups is 1. The van der Waals surface area contributed by atoms with Crippen LogP contribution < -0.4 is 4.90 Å². The molecule has 5 heteroatoms. The molecule has 0 aromatic heterocycles. The SMILES string of the molecule is CCC1CCC(C)N1c1ccc(C=O)cc1[N+](=O)[O-]. The largest absolute Gasteiger partial charge is 0.360 e. The molecule has 2 atom stereocenters. The van der Waals surface area contributed by atoms with Crippen molar-refractivity contribution in [3.05, 3.63) is 33.9 Å². The van der Waals surface area contributed by atoms with Crippen molar-refractivity contribution in [1.82, 2.24) is 0 Å². The number of carbonyl (C=O) groups is 1. The first-order valence-electron chi connectivity index (χ1n) is 6.60. The second kappa shape index (κ2) is 5.38. The number of nitro benzene ring substituents is 1. The van der Waals surface area contributed by atoms with Crippen molar-refractivity contribution in [3.8, 4) is 0 Å². The van der Waals surface area contributed by atoms with E-state index in [4.69, 9.17) is 0 Å². The highest BCUT2D eigenvalue weighted by molar-refractivity contribution is 5.80. The predicted octanol–water partition coefficient (Wildman–Crippen LogP) is 3.17. The minimum Gasteiger partial charge on any atom is -0.360 e. The van der Waals surface area contributed by atoms with Gasteiger partial charge in [-0.3, -0.25) is 14.9 Å². The summed E-state index contributed by atoms with van der Waals surface area (Å²) in [6.07, 6.45) is 3.72. The van der Waals surface area contributed by atoms with Crippen molar-refractivity contribution in [3.63, 3.8) is 0 Å². The summed E-state index contributed by atoms with van der Waals surface area (Å²) in [7, 11) is 0. The first kappa shape index (κ1) is 13.5. The van der Waals surface area contributed by atoms with Gasteiger partial charge >= 0.3 is 0 Å². The fraction of sp³-hybridized carbons (Fsp3) is 0.500. The van der Waals surface area contributed by atoms with Crippen LogP contribution >= 0.6 is 0 Å². The zero-order valence-electron chi connectivity index (χ0n) is 11.2. The van der Waals surface area contributed by atoms with E-state index in [0.29, 0.717) is 29.6 Å². The Balaban J connectivity index is 2.48. The lowest BCUT2D eigenvalue weighted by Gasteiger charge is -2.29. The molecule has 1 fully saturated rings. The quantitative estimate of drug-likeness (QED) is 0.475. The maximum absolute atomic E-state index is 11.2. The molecule has 2 rings (SSSR count). The second-order valence-electron chi connectivity index (χ2n) is 5.02. The van der Waals surface area contributed by atoms with Gasteiger partial charge in [0.05, 0.1) is 4.92 Å². The van der Waals surface area contributed by atoms with Crippen LogP contribution in [-0.4, -0.2) is 23.3 Å².